The second kappa shape index (κ2) is 20.4. The van der Waals surface area contributed by atoms with Crippen LogP contribution in [0.25, 0.3) is 0 Å². The van der Waals surface area contributed by atoms with Gasteiger partial charge in [-0.15, -0.1) is 0 Å². The molecule has 1 aliphatic rings. The molecule has 0 spiro atoms. The molecule has 2 amide bonds. The molecule has 1 saturated heterocycles. The van der Waals surface area contributed by atoms with Gasteiger partial charge in [0.05, 0.1) is 105 Å². The van der Waals surface area contributed by atoms with Gasteiger partial charge in [-0.25, -0.2) is 0 Å². The summed E-state index contributed by atoms with van der Waals surface area (Å²) in [5, 5.41) is 0. The number of nitrogens with zero attached hydrogens (tertiary/aromatic N) is 1. The first kappa shape index (κ1) is 36.6. The van der Waals surface area contributed by atoms with Crippen LogP contribution in [0.4, 0.5) is 0 Å². The Morgan fingerprint density at radius 2 is 0.975 bits per heavy atom. The van der Waals surface area contributed by atoms with E-state index in [1.54, 1.807) is 0 Å². The van der Waals surface area contributed by atoms with Crippen molar-refractivity contribution in [3.8, 4) is 0 Å². The Bertz CT molecular complexity index is 717. The second-order valence-corrected chi connectivity index (χ2v) is 11.7. The van der Waals surface area contributed by atoms with Gasteiger partial charge in [-0.1, -0.05) is 41.5 Å². The highest BCUT2D eigenvalue weighted by Gasteiger charge is 2.44. The molecular weight excluding hydrogens is 522 g/mol. The molecule has 0 aromatic rings. The molecule has 11 heteroatoms. The van der Waals surface area contributed by atoms with E-state index in [2.05, 4.69) is 0 Å². The van der Waals surface area contributed by atoms with Crippen LogP contribution in [0.2, 0.25) is 0 Å². The lowest BCUT2D eigenvalue weighted by molar-refractivity contribution is -0.141. The zero-order valence-electron chi connectivity index (χ0n) is 25.6. The molecule has 1 unspecified atom stereocenters. The first-order chi connectivity index (χ1) is 18.9. The Morgan fingerprint density at radius 3 is 1.30 bits per heavy atom. The summed E-state index contributed by atoms with van der Waals surface area (Å²) >= 11 is 0. The highest BCUT2D eigenvalue weighted by molar-refractivity contribution is 6.03. The molecule has 1 rings (SSSR count). The molecule has 11 nitrogen and oxygen atoms in total. The maximum absolute atomic E-state index is 12.4. The third-order valence-electron chi connectivity index (χ3n) is 6.29. The van der Waals surface area contributed by atoms with Crippen molar-refractivity contribution in [1.29, 1.82) is 0 Å². The molecule has 1 atom stereocenters. The number of ether oxygens (including phenoxy) is 7. The van der Waals surface area contributed by atoms with Gasteiger partial charge in [0, 0.05) is 18.3 Å². The fraction of sp³-hybridized carbons (Fsp3) is 0.897. The average molecular weight is 576 g/mol. The van der Waals surface area contributed by atoms with Crippen LogP contribution < -0.4 is 0 Å². The van der Waals surface area contributed by atoms with Crippen LogP contribution in [0.3, 0.4) is 0 Å². The van der Waals surface area contributed by atoms with E-state index in [0.717, 1.165) is 0 Å². The minimum absolute atomic E-state index is 0.100. The Labute approximate surface area is 240 Å². The molecule has 0 saturated carbocycles. The average Bonchev–Trinajstić information content (AvgIpc) is 3.17. The maximum atomic E-state index is 12.4. The molecular formula is C29H53NO10. The number of hydrogen-bond acceptors (Lipinski definition) is 10. The zero-order chi connectivity index (χ0) is 29.9. The third-order valence-corrected chi connectivity index (χ3v) is 6.29. The minimum atomic E-state index is -0.318. The standard InChI is InChI=1S/C29H53NO10/c1-28(2,3)24-23-26(32)30(27(24)33)8-10-35-12-14-37-16-18-39-20-22-40-21-19-38-17-15-36-13-11-34-9-7-25(31)29(4,5)6/h24H,7-23H2,1-6H3. The van der Waals surface area contributed by atoms with Crippen LogP contribution in [-0.2, 0) is 47.5 Å². The molecule has 0 N–H and O–H groups in total. The number of Topliss-reactive ketones (excluding diaryl/α,β-unsaturated/α-hetero) is 1. The third kappa shape index (κ3) is 16.7. The van der Waals surface area contributed by atoms with Crippen LogP contribution in [0.15, 0.2) is 0 Å². The molecule has 40 heavy (non-hydrogen) atoms. The summed E-state index contributed by atoms with van der Waals surface area (Å²) in [5.41, 5.74) is -0.537. The largest absolute Gasteiger partial charge is 0.379 e. The van der Waals surface area contributed by atoms with Crippen LogP contribution in [0.1, 0.15) is 54.4 Å². The molecule has 1 heterocycles. The van der Waals surface area contributed by atoms with Crippen molar-refractivity contribution in [2.24, 2.45) is 16.7 Å². The van der Waals surface area contributed by atoms with Gasteiger partial charge in [0.2, 0.25) is 11.8 Å². The lowest BCUT2D eigenvalue weighted by Gasteiger charge is -2.24. The number of carbonyl (C=O) groups excluding carboxylic acids is 3. The SMILES string of the molecule is CC(C)(C)C(=O)CCOCCOCCOCCOCCOCCOCCOCCN1C(=O)CC(C(C)(C)C)C1=O. The fourth-order valence-electron chi connectivity index (χ4n) is 3.71. The van der Waals surface area contributed by atoms with Gasteiger partial charge >= 0.3 is 0 Å². The summed E-state index contributed by atoms with van der Waals surface area (Å²) in [6.45, 7) is 18.2. The van der Waals surface area contributed by atoms with E-state index >= 15 is 0 Å². The highest BCUT2D eigenvalue weighted by Crippen LogP contribution is 2.35. The van der Waals surface area contributed by atoms with E-state index in [0.29, 0.717) is 98.9 Å². The van der Waals surface area contributed by atoms with Gasteiger partial charge in [-0.2, -0.15) is 0 Å². The van der Waals surface area contributed by atoms with E-state index < -0.39 is 0 Å². The van der Waals surface area contributed by atoms with Crippen molar-refractivity contribution in [3.05, 3.63) is 0 Å². The van der Waals surface area contributed by atoms with Crippen molar-refractivity contribution in [2.45, 2.75) is 54.4 Å². The topological polar surface area (TPSA) is 119 Å². The summed E-state index contributed by atoms with van der Waals surface area (Å²) in [6.07, 6.45) is 0.705. The van der Waals surface area contributed by atoms with E-state index in [1.807, 2.05) is 41.5 Å². The van der Waals surface area contributed by atoms with Crippen molar-refractivity contribution in [3.63, 3.8) is 0 Å². The normalized spacial score (nSPS) is 16.4. The summed E-state index contributed by atoms with van der Waals surface area (Å²) in [7, 11) is 0. The smallest absolute Gasteiger partial charge is 0.233 e. The lowest BCUT2D eigenvalue weighted by Crippen LogP contribution is -2.36. The number of rotatable bonds is 24. The van der Waals surface area contributed by atoms with Crippen LogP contribution >= 0.6 is 0 Å². The van der Waals surface area contributed by atoms with Gasteiger partial charge in [0.25, 0.3) is 0 Å². The monoisotopic (exact) mass is 575 g/mol. The van der Waals surface area contributed by atoms with Crippen LogP contribution in [-0.4, -0.2) is 122 Å². The number of ketones is 1. The highest BCUT2D eigenvalue weighted by atomic mass is 16.6. The first-order valence-electron chi connectivity index (χ1n) is 14.4. The van der Waals surface area contributed by atoms with Crippen LogP contribution in [0.5, 0.6) is 0 Å². The Hall–Kier alpha value is -1.47. The van der Waals surface area contributed by atoms with Gasteiger partial charge in [0.15, 0.2) is 0 Å². The van der Waals surface area contributed by atoms with Crippen molar-refractivity contribution < 1.29 is 47.5 Å². The van der Waals surface area contributed by atoms with E-state index in [-0.39, 0.29) is 47.3 Å². The summed E-state index contributed by atoms with van der Waals surface area (Å²) in [6, 6.07) is 0. The van der Waals surface area contributed by atoms with Gasteiger partial charge < -0.3 is 33.2 Å². The Kier molecular flexibility index (Phi) is 18.7. The second-order valence-electron chi connectivity index (χ2n) is 11.7. The van der Waals surface area contributed by atoms with Gasteiger partial charge in [-0.3, -0.25) is 19.3 Å². The quantitative estimate of drug-likeness (QED) is 0.125. The van der Waals surface area contributed by atoms with E-state index in [4.69, 9.17) is 33.2 Å². The predicted molar refractivity (Wildman–Crippen MR) is 149 cm³/mol. The molecule has 0 bridgehead atoms. The minimum Gasteiger partial charge on any atom is -0.379 e. The van der Waals surface area contributed by atoms with Crippen molar-refractivity contribution in [1.82, 2.24) is 4.90 Å². The molecule has 0 radical (unpaired) electrons. The summed E-state index contributed by atoms with van der Waals surface area (Å²) in [4.78, 5) is 37.6. The Balaban J connectivity index is 1.77. The zero-order valence-corrected chi connectivity index (χ0v) is 25.6. The Morgan fingerprint density at radius 1 is 0.625 bits per heavy atom. The predicted octanol–water partition coefficient (Wildman–Crippen LogP) is 2.53. The fourth-order valence-corrected chi connectivity index (χ4v) is 3.71. The number of hydrogen-bond donors (Lipinski definition) is 0. The summed E-state index contributed by atoms with van der Waals surface area (Å²) < 4.78 is 38.1. The number of imide groups is 1. The lowest BCUT2D eigenvalue weighted by atomic mass is 9.80. The molecule has 0 aromatic carbocycles. The van der Waals surface area contributed by atoms with E-state index in [1.165, 1.54) is 4.90 Å². The summed E-state index contributed by atoms with van der Waals surface area (Å²) in [5.74, 6) is -0.280. The van der Waals surface area contributed by atoms with Gasteiger partial charge in [0.1, 0.15) is 5.78 Å². The molecule has 234 valence electrons. The van der Waals surface area contributed by atoms with Gasteiger partial charge in [-0.05, 0) is 5.41 Å². The number of carbonyl (C=O) groups is 3. The molecule has 1 fully saturated rings. The first-order valence-corrected chi connectivity index (χ1v) is 14.4. The number of likely N-dealkylation sites (tertiary alicyclic amines) is 1. The molecule has 0 aliphatic carbocycles. The molecule has 1 aliphatic heterocycles. The van der Waals surface area contributed by atoms with Crippen molar-refractivity contribution in [2.75, 3.05) is 99.0 Å². The number of amides is 2. The van der Waals surface area contributed by atoms with E-state index in [9.17, 15) is 14.4 Å². The van der Waals surface area contributed by atoms with Crippen LogP contribution in [0, 0.1) is 16.7 Å². The maximum Gasteiger partial charge on any atom is 0.233 e. The van der Waals surface area contributed by atoms with Crippen molar-refractivity contribution >= 4 is 17.6 Å². The molecule has 0 aromatic heterocycles.